The molecule has 2 heterocycles. The van der Waals surface area contributed by atoms with Gasteiger partial charge in [-0.15, -0.1) is 11.3 Å². The molecule has 8 nitrogen and oxygen atoms in total. The van der Waals surface area contributed by atoms with Gasteiger partial charge in [0.2, 0.25) is 0 Å². The van der Waals surface area contributed by atoms with Crippen molar-refractivity contribution >= 4 is 39.0 Å². The van der Waals surface area contributed by atoms with Gasteiger partial charge in [0.15, 0.2) is 5.69 Å². The molecule has 0 saturated carbocycles. The van der Waals surface area contributed by atoms with Crippen molar-refractivity contribution in [2.24, 2.45) is 0 Å². The molecule has 37 heavy (non-hydrogen) atoms. The number of alkyl halides is 3. The maximum atomic E-state index is 13.4. The quantitative estimate of drug-likeness (QED) is 0.325. The molecule has 12 heteroatoms. The third kappa shape index (κ3) is 5.33. The number of nitrogens with zero attached hydrogens (tertiary/aromatic N) is 2. The van der Waals surface area contributed by atoms with Gasteiger partial charge in [-0.05, 0) is 62.4 Å². The number of nitrogens with one attached hydrogen (secondary N) is 1. The molecule has 2 aromatic heterocycles. The van der Waals surface area contributed by atoms with E-state index in [0.29, 0.717) is 17.9 Å². The average Bonchev–Trinajstić information content (AvgIpc) is 3.28. The van der Waals surface area contributed by atoms with Crippen molar-refractivity contribution in [1.82, 2.24) is 9.78 Å². The normalized spacial score (nSPS) is 11.4. The van der Waals surface area contributed by atoms with Crippen molar-refractivity contribution < 1.29 is 32.2 Å². The van der Waals surface area contributed by atoms with E-state index in [2.05, 4.69) is 10.4 Å². The van der Waals surface area contributed by atoms with Gasteiger partial charge in [0.1, 0.15) is 10.8 Å². The maximum Gasteiger partial charge on any atom is 0.416 e. The number of anilines is 1. The standard InChI is InChI=1S/C25H20F3N3O5S/c1-3-35-17-11-5-14(6-12-17)21(32)29-22-19-18(13-37-22)20(24(34)36-4-2)30-31(23(19)33)16-9-7-15(8-10-16)25(26,27)28/h5-13H,3-4H2,1-2H3,(H,29,32). The predicted molar refractivity (Wildman–Crippen MR) is 132 cm³/mol. The molecule has 2 aromatic carbocycles. The number of rotatable bonds is 7. The van der Waals surface area contributed by atoms with Gasteiger partial charge < -0.3 is 14.8 Å². The van der Waals surface area contributed by atoms with E-state index in [1.807, 2.05) is 6.92 Å². The summed E-state index contributed by atoms with van der Waals surface area (Å²) in [6.07, 6.45) is -4.57. The Kier molecular flexibility index (Phi) is 7.30. The van der Waals surface area contributed by atoms with Gasteiger partial charge in [-0.1, -0.05) is 0 Å². The molecule has 0 spiro atoms. The number of hydrogen-bond acceptors (Lipinski definition) is 7. The summed E-state index contributed by atoms with van der Waals surface area (Å²) in [5, 5.41) is 8.52. The van der Waals surface area contributed by atoms with Gasteiger partial charge in [0, 0.05) is 16.3 Å². The van der Waals surface area contributed by atoms with Crippen LogP contribution in [0.3, 0.4) is 0 Å². The Morgan fingerprint density at radius 3 is 2.30 bits per heavy atom. The van der Waals surface area contributed by atoms with Crippen LogP contribution < -0.4 is 15.6 Å². The fraction of sp³-hybridized carbons (Fsp3) is 0.200. The molecule has 4 aromatic rings. The summed E-state index contributed by atoms with van der Waals surface area (Å²) in [5.74, 6) is -0.748. The highest BCUT2D eigenvalue weighted by Crippen LogP contribution is 2.32. The second kappa shape index (κ2) is 10.4. The van der Waals surface area contributed by atoms with Crippen molar-refractivity contribution in [3.05, 3.63) is 81.1 Å². The molecule has 0 aliphatic carbocycles. The number of amides is 1. The van der Waals surface area contributed by atoms with Crippen molar-refractivity contribution in [2.75, 3.05) is 18.5 Å². The summed E-state index contributed by atoms with van der Waals surface area (Å²) < 4.78 is 50.3. The van der Waals surface area contributed by atoms with Crippen molar-refractivity contribution in [1.29, 1.82) is 0 Å². The molecule has 0 unspecified atom stereocenters. The average molecular weight is 532 g/mol. The monoisotopic (exact) mass is 531 g/mol. The Morgan fingerprint density at radius 2 is 1.70 bits per heavy atom. The van der Waals surface area contributed by atoms with Crippen LogP contribution in [0.4, 0.5) is 18.2 Å². The molecule has 0 radical (unpaired) electrons. The van der Waals surface area contributed by atoms with Crippen LogP contribution in [0.1, 0.15) is 40.3 Å². The Bertz CT molecular complexity index is 1510. The van der Waals surface area contributed by atoms with Gasteiger partial charge in [0.25, 0.3) is 11.5 Å². The van der Waals surface area contributed by atoms with Crippen LogP contribution in [0.2, 0.25) is 0 Å². The first kappa shape index (κ1) is 25.9. The number of carbonyl (C=O) groups excluding carboxylic acids is 2. The van der Waals surface area contributed by atoms with Crippen LogP contribution in [-0.2, 0) is 10.9 Å². The smallest absolute Gasteiger partial charge is 0.416 e. The van der Waals surface area contributed by atoms with E-state index in [1.165, 1.54) is 5.38 Å². The number of fused-ring (bicyclic) bond motifs is 1. The van der Waals surface area contributed by atoms with E-state index in [4.69, 9.17) is 9.47 Å². The fourth-order valence-electron chi connectivity index (χ4n) is 3.50. The Hall–Kier alpha value is -4.19. The van der Waals surface area contributed by atoms with E-state index >= 15 is 0 Å². The highest BCUT2D eigenvalue weighted by atomic mass is 32.1. The molecule has 0 atom stereocenters. The lowest BCUT2D eigenvalue weighted by Gasteiger charge is -2.11. The van der Waals surface area contributed by atoms with Gasteiger partial charge in [-0.25, -0.2) is 4.79 Å². The van der Waals surface area contributed by atoms with Crippen LogP contribution in [0, 0.1) is 0 Å². The predicted octanol–water partition coefficient (Wildman–Crippen LogP) is 5.29. The number of halogens is 3. The topological polar surface area (TPSA) is 99.5 Å². The first-order chi connectivity index (χ1) is 17.6. The first-order valence-corrected chi connectivity index (χ1v) is 12.0. The van der Waals surface area contributed by atoms with E-state index in [0.717, 1.165) is 40.3 Å². The number of ether oxygens (including phenoxy) is 2. The molecular weight excluding hydrogens is 511 g/mol. The SMILES string of the molecule is CCOC(=O)c1nn(-c2ccc(C(F)(F)F)cc2)c(=O)c2c(NC(=O)c3ccc(OCC)cc3)scc12. The lowest BCUT2D eigenvalue weighted by atomic mass is 10.2. The van der Waals surface area contributed by atoms with E-state index in [-0.39, 0.29) is 33.8 Å². The highest BCUT2D eigenvalue weighted by molar-refractivity contribution is 7.16. The zero-order valence-electron chi connectivity index (χ0n) is 19.6. The van der Waals surface area contributed by atoms with E-state index in [9.17, 15) is 27.6 Å². The zero-order valence-corrected chi connectivity index (χ0v) is 20.4. The molecule has 0 fully saturated rings. The number of aromatic nitrogens is 2. The van der Waals surface area contributed by atoms with E-state index in [1.54, 1.807) is 31.2 Å². The molecule has 0 saturated heterocycles. The lowest BCUT2D eigenvalue weighted by Crippen LogP contribution is -2.25. The van der Waals surface area contributed by atoms with Crippen LogP contribution >= 0.6 is 11.3 Å². The van der Waals surface area contributed by atoms with Crippen molar-refractivity contribution in [3.8, 4) is 11.4 Å². The fourth-order valence-corrected chi connectivity index (χ4v) is 4.43. The molecule has 0 aliphatic rings. The summed E-state index contributed by atoms with van der Waals surface area (Å²) in [4.78, 5) is 38.9. The number of carbonyl (C=O) groups is 2. The van der Waals surface area contributed by atoms with Gasteiger partial charge >= 0.3 is 12.1 Å². The van der Waals surface area contributed by atoms with Gasteiger partial charge in [-0.2, -0.15) is 23.0 Å². The van der Waals surface area contributed by atoms with Gasteiger partial charge in [-0.3, -0.25) is 9.59 Å². The Labute approximate surface area is 212 Å². The summed E-state index contributed by atoms with van der Waals surface area (Å²) in [6.45, 7) is 3.93. The molecule has 0 aliphatic heterocycles. The minimum Gasteiger partial charge on any atom is -0.494 e. The molecule has 0 bridgehead atoms. The Balaban J connectivity index is 1.80. The van der Waals surface area contributed by atoms with Crippen LogP contribution in [0.25, 0.3) is 16.5 Å². The third-order valence-electron chi connectivity index (χ3n) is 5.21. The largest absolute Gasteiger partial charge is 0.494 e. The molecule has 192 valence electrons. The number of esters is 1. The second-order valence-electron chi connectivity index (χ2n) is 7.60. The van der Waals surface area contributed by atoms with Crippen LogP contribution in [0.5, 0.6) is 5.75 Å². The third-order valence-corrected chi connectivity index (χ3v) is 6.11. The molecule has 1 amide bonds. The molecule has 4 rings (SSSR count). The molecular formula is C25H20F3N3O5S. The second-order valence-corrected chi connectivity index (χ2v) is 8.48. The first-order valence-electron chi connectivity index (χ1n) is 11.1. The van der Waals surface area contributed by atoms with Crippen molar-refractivity contribution in [3.63, 3.8) is 0 Å². The molecule has 1 N–H and O–H groups in total. The highest BCUT2D eigenvalue weighted by Gasteiger charge is 2.30. The summed E-state index contributed by atoms with van der Waals surface area (Å²) >= 11 is 1.00. The van der Waals surface area contributed by atoms with Crippen molar-refractivity contribution in [2.45, 2.75) is 20.0 Å². The summed E-state index contributed by atoms with van der Waals surface area (Å²) in [5.41, 5.74) is -1.55. The minimum absolute atomic E-state index is 0.000405. The maximum absolute atomic E-state index is 13.4. The minimum atomic E-state index is -4.57. The van der Waals surface area contributed by atoms with Gasteiger partial charge in [0.05, 0.1) is 29.9 Å². The summed E-state index contributed by atoms with van der Waals surface area (Å²) in [7, 11) is 0. The number of hydrogen-bond donors (Lipinski definition) is 1. The number of thiophene rings is 1. The van der Waals surface area contributed by atoms with Crippen LogP contribution in [0.15, 0.2) is 58.7 Å². The number of benzene rings is 2. The summed E-state index contributed by atoms with van der Waals surface area (Å²) in [6, 6.07) is 10.1. The van der Waals surface area contributed by atoms with E-state index < -0.39 is 29.2 Å². The van der Waals surface area contributed by atoms with Crippen LogP contribution in [-0.4, -0.2) is 34.9 Å². The lowest BCUT2D eigenvalue weighted by molar-refractivity contribution is -0.137. The Morgan fingerprint density at radius 1 is 1.03 bits per heavy atom. The zero-order chi connectivity index (χ0) is 26.7.